The number of nitrogen functional groups attached to an aromatic ring is 1. The molecule has 34 heavy (non-hydrogen) atoms. The van der Waals surface area contributed by atoms with Crippen LogP contribution < -0.4 is 15.8 Å². The number of fused-ring (bicyclic) bond motifs is 1. The second-order valence-electron chi connectivity index (χ2n) is 8.71. The molecule has 1 aliphatic rings. The molecule has 1 saturated carbocycles. The largest absolute Gasteiger partial charge is 0.573 e. The zero-order chi connectivity index (χ0) is 24.3. The monoisotopic (exact) mass is 472 g/mol. The number of alkyl halides is 3. The zero-order valence-electron chi connectivity index (χ0n) is 18.6. The van der Waals surface area contributed by atoms with Crippen LogP contribution in [0.3, 0.4) is 0 Å². The number of nitrogens with zero attached hydrogens (tertiary/aromatic N) is 1. The molecule has 6 nitrogen and oxygen atoms in total. The van der Waals surface area contributed by atoms with Gasteiger partial charge in [-0.15, -0.1) is 13.2 Å². The van der Waals surface area contributed by atoms with E-state index in [-0.39, 0.29) is 24.0 Å². The van der Waals surface area contributed by atoms with E-state index >= 15 is 0 Å². The van der Waals surface area contributed by atoms with Crippen molar-refractivity contribution in [2.24, 2.45) is 11.7 Å². The van der Waals surface area contributed by atoms with Gasteiger partial charge in [0.05, 0.1) is 0 Å². The van der Waals surface area contributed by atoms with E-state index in [9.17, 15) is 18.0 Å². The van der Waals surface area contributed by atoms with Gasteiger partial charge in [-0.25, -0.2) is 0 Å². The Kier molecular flexibility index (Phi) is 6.81. The van der Waals surface area contributed by atoms with E-state index in [4.69, 9.17) is 11.1 Å². The molecule has 2 aromatic carbocycles. The third kappa shape index (κ3) is 5.70. The van der Waals surface area contributed by atoms with Gasteiger partial charge in [-0.05, 0) is 48.6 Å². The molecule has 0 saturated heterocycles. The predicted molar refractivity (Wildman–Crippen MR) is 124 cm³/mol. The van der Waals surface area contributed by atoms with Crippen LogP contribution in [0.5, 0.6) is 5.75 Å². The standard InChI is InChI=1S/C25H27F3N4O2/c26-25(27,28)34-20-10-6-17(7-11-20)15-32-21-13-19(23(29)30)9-8-18(21)12-22(32)24(33)31-14-16-4-2-1-3-5-16/h6-13,16H,1-5,14-15H2,(H3,29,30)(H,31,33). The molecule has 9 heteroatoms. The number of carbonyl (C=O) groups is 1. The molecule has 0 atom stereocenters. The third-order valence-corrected chi connectivity index (χ3v) is 6.22. The molecule has 1 heterocycles. The fourth-order valence-electron chi connectivity index (χ4n) is 4.48. The molecule has 0 bridgehead atoms. The average molecular weight is 473 g/mol. The van der Waals surface area contributed by atoms with Crippen molar-refractivity contribution in [3.8, 4) is 5.75 Å². The lowest BCUT2D eigenvalue weighted by Crippen LogP contribution is -2.31. The molecule has 1 fully saturated rings. The molecule has 4 rings (SSSR count). The van der Waals surface area contributed by atoms with E-state index in [2.05, 4.69) is 10.1 Å². The van der Waals surface area contributed by atoms with Gasteiger partial charge in [0.2, 0.25) is 0 Å². The van der Waals surface area contributed by atoms with Crippen molar-refractivity contribution in [2.45, 2.75) is 45.0 Å². The quantitative estimate of drug-likeness (QED) is 0.327. The van der Waals surface area contributed by atoms with Gasteiger partial charge in [0.25, 0.3) is 5.91 Å². The first-order valence-corrected chi connectivity index (χ1v) is 11.3. The van der Waals surface area contributed by atoms with Crippen molar-refractivity contribution >= 4 is 22.6 Å². The number of amidine groups is 1. The highest BCUT2D eigenvalue weighted by molar-refractivity contribution is 6.02. The number of hydrogen-bond acceptors (Lipinski definition) is 3. The fraction of sp³-hybridized carbons (Fsp3) is 0.360. The van der Waals surface area contributed by atoms with E-state index in [1.165, 1.54) is 43.5 Å². The van der Waals surface area contributed by atoms with Crippen LogP contribution in [0.4, 0.5) is 13.2 Å². The normalized spacial score (nSPS) is 14.8. The molecule has 180 valence electrons. The topological polar surface area (TPSA) is 93.1 Å². The summed E-state index contributed by atoms with van der Waals surface area (Å²) in [5, 5.41) is 11.6. The van der Waals surface area contributed by atoms with Crippen molar-refractivity contribution in [2.75, 3.05) is 6.54 Å². The van der Waals surface area contributed by atoms with Crippen molar-refractivity contribution in [3.63, 3.8) is 0 Å². The Morgan fingerprint density at radius 3 is 2.44 bits per heavy atom. The second kappa shape index (κ2) is 9.79. The molecule has 1 aromatic heterocycles. The minimum absolute atomic E-state index is 0.0911. The Morgan fingerprint density at radius 2 is 1.79 bits per heavy atom. The minimum Gasteiger partial charge on any atom is -0.406 e. The van der Waals surface area contributed by atoms with E-state index < -0.39 is 6.36 Å². The highest BCUT2D eigenvalue weighted by atomic mass is 19.4. The number of hydrogen-bond donors (Lipinski definition) is 3. The van der Waals surface area contributed by atoms with Gasteiger partial charge in [0.15, 0.2) is 0 Å². The van der Waals surface area contributed by atoms with Crippen LogP contribution in [0, 0.1) is 11.3 Å². The summed E-state index contributed by atoms with van der Waals surface area (Å²) in [5.41, 5.74) is 8.04. The number of amides is 1. The van der Waals surface area contributed by atoms with Crippen LogP contribution in [-0.4, -0.2) is 29.2 Å². The maximum absolute atomic E-state index is 13.2. The van der Waals surface area contributed by atoms with E-state index in [0.717, 1.165) is 18.2 Å². The summed E-state index contributed by atoms with van der Waals surface area (Å²) in [7, 11) is 0. The summed E-state index contributed by atoms with van der Waals surface area (Å²) in [5.74, 6) is -0.131. The molecule has 3 aromatic rings. The maximum atomic E-state index is 13.2. The van der Waals surface area contributed by atoms with Gasteiger partial charge >= 0.3 is 6.36 Å². The van der Waals surface area contributed by atoms with Gasteiger partial charge in [-0.3, -0.25) is 10.2 Å². The molecule has 0 radical (unpaired) electrons. The molecular weight excluding hydrogens is 445 g/mol. The highest BCUT2D eigenvalue weighted by Crippen LogP contribution is 2.27. The highest BCUT2D eigenvalue weighted by Gasteiger charge is 2.31. The molecule has 0 spiro atoms. The van der Waals surface area contributed by atoms with Crippen LogP contribution in [0.1, 0.15) is 53.7 Å². The van der Waals surface area contributed by atoms with Gasteiger partial charge in [-0.1, -0.05) is 43.5 Å². The van der Waals surface area contributed by atoms with Crippen molar-refractivity contribution < 1.29 is 22.7 Å². The Bertz CT molecular complexity index is 1180. The summed E-state index contributed by atoms with van der Waals surface area (Å²) >= 11 is 0. The van der Waals surface area contributed by atoms with Gasteiger partial charge in [0.1, 0.15) is 17.3 Å². The Morgan fingerprint density at radius 1 is 1.09 bits per heavy atom. The van der Waals surface area contributed by atoms with Crippen molar-refractivity contribution in [3.05, 3.63) is 65.4 Å². The van der Waals surface area contributed by atoms with E-state index in [1.807, 2.05) is 0 Å². The number of carbonyl (C=O) groups excluding carboxylic acids is 1. The minimum atomic E-state index is -4.76. The summed E-state index contributed by atoms with van der Waals surface area (Å²) < 4.78 is 43.2. The molecule has 1 amide bonds. The van der Waals surface area contributed by atoms with Gasteiger partial charge in [-0.2, -0.15) is 0 Å². The summed E-state index contributed by atoms with van der Waals surface area (Å²) in [6.45, 7) is 0.867. The smallest absolute Gasteiger partial charge is 0.406 e. The Labute approximate surface area is 195 Å². The first-order chi connectivity index (χ1) is 16.2. The number of nitrogens with one attached hydrogen (secondary N) is 2. The van der Waals surface area contributed by atoms with Crippen LogP contribution in [-0.2, 0) is 6.54 Å². The lowest BCUT2D eigenvalue weighted by atomic mass is 9.89. The predicted octanol–water partition coefficient (Wildman–Crippen LogP) is 5.18. The number of benzene rings is 2. The van der Waals surface area contributed by atoms with Gasteiger partial charge < -0.3 is 20.4 Å². The molecule has 0 unspecified atom stereocenters. The number of aromatic nitrogens is 1. The van der Waals surface area contributed by atoms with E-state index in [1.54, 1.807) is 28.8 Å². The Balaban J connectivity index is 1.62. The molecule has 4 N–H and O–H groups in total. The lowest BCUT2D eigenvalue weighted by molar-refractivity contribution is -0.274. The van der Waals surface area contributed by atoms with Crippen molar-refractivity contribution in [1.29, 1.82) is 5.41 Å². The fourth-order valence-corrected chi connectivity index (χ4v) is 4.48. The summed E-state index contributed by atoms with van der Waals surface area (Å²) in [4.78, 5) is 13.2. The third-order valence-electron chi connectivity index (χ3n) is 6.22. The average Bonchev–Trinajstić information content (AvgIpc) is 3.16. The van der Waals surface area contributed by atoms with Crippen LogP contribution >= 0.6 is 0 Å². The first-order valence-electron chi connectivity index (χ1n) is 11.3. The molecular formula is C25H27F3N4O2. The van der Waals surface area contributed by atoms with Gasteiger partial charge in [0, 0.05) is 29.6 Å². The summed E-state index contributed by atoms with van der Waals surface area (Å²) in [6.07, 6.45) is 1.06. The molecule has 1 aliphatic carbocycles. The summed E-state index contributed by atoms with van der Waals surface area (Å²) in [6, 6.07) is 12.6. The SMILES string of the molecule is N=C(N)c1ccc2cc(C(=O)NCC3CCCCC3)n(Cc3ccc(OC(F)(F)F)cc3)c2c1. The first kappa shape index (κ1) is 23.7. The maximum Gasteiger partial charge on any atom is 0.573 e. The Hall–Kier alpha value is -3.49. The number of halogens is 3. The number of nitrogens with two attached hydrogens (primary N) is 1. The zero-order valence-corrected chi connectivity index (χ0v) is 18.6. The van der Waals surface area contributed by atoms with Crippen LogP contribution in [0.2, 0.25) is 0 Å². The number of ether oxygens (including phenoxy) is 1. The van der Waals surface area contributed by atoms with Crippen molar-refractivity contribution in [1.82, 2.24) is 9.88 Å². The number of rotatable bonds is 7. The van der Waals surface area contributed by atoms with Crippen LogP contribution in [0.25, 0.3) is 10.9 Å². The van der Waals surface area contributed by atoms with Crippen LogP contribution in [0.15, 0.2) is 48.5 Å². The van der Waals surface area contributed by atoms with E-state index in [0.29, 0.717) is 34.8 Å². The second-order valence-corrected chi connectivity index (χ2v) is 8.71. The lowest BCUT2D eigenvalue weighted by Gasteiger charge is -2.22. The molecule has 0 aliphatic heterocycles.